The summed E-state index contributed by atoms with van der Waals surface area (Å²) in [6.07, 6.45) is 1.57. The SMILES string of the molecule is Cc1nc(C(=O)N(C)[C@H](C)c2ccco2)nn1-c1ccc(F)cc1. The molecule has 2 aromatic heterocycles. The summed E-state index contributed by atoms with van der Waals surface area (Å²) in [5, 5.41) is 4.26. The van der Waals surface area contributed by atoms with E-state index in [2.05, 4.69) is 10.1 Å². The van der Waals surface area contributed by atoms with Gasteiger partial charge >= 0.3 is 0 Å². The van der Waals surface area contributed by atoms with Crippen LogP contribution in [0.25, 0.3) is 5.69 Å². The summed E-state index contributed by atoms with van der Waals surface area (Å²) >= 11 is 0. The minimum Gasteiger partial charge on any atom is -0.467 e. The van der Waals surface area contributed by atoms with E-state index >= 15 is 0 Å². The number of hydrogen-bond donors (Lipinski definition) is 0. The Morgan fingerprint density at radius 2 is 2.00 bits per heavy atom. The molecule has 124 valence electrons. The van der Waals surface area contributed by atoms with Gasteiger partial charge in [-0.1, -0.05) is 0 Å². The molecule has 1 amide bonds. The molecule has 0 unspecified atom stereocenters. The summed E-state index contributed by atoms with van der Waals surface area (Å²) < 4.78 is 19.9. The number of hydrogen-bond acceptors (Lipinski definition) is 4. The van der Waals surface area contributed by atoms with Gasteiger partial charge in [0, 0.05) is 7.05 Å². The molecule has 0 radical (unpaired) electrons. The molecule has 3 aromatic rings. The summed E-state index contributed by atoms with van der Waals surface area (Å²) in [7, 11) is 1.67. The lowest BCUT2D eigenvalue weighted by atomic mass is 10.2. The molecule has 2 heterocycles. The van der Waals surface area contributed by atoms with Crippen molar-refractivity contribution in [1.82, 2.24) is 19.7 Å². The maximum absolute atomic E-state index is 13.1. The number of aryl methyl sites for hydroxylation is 1. The van der Waals surface area contributed by atoms with E-state index < -0.39 is 0 Å². The Morgan fingerprint density at radius 1 is 1.29 bits per heavy atom. The van der Waals surface area contributed by atoms with Crippen LogP contribution < -0.4 is 0 Å². The number of rotatable bonds is 4. The molecule has 1 aromatic carbocycles. The predicted octanol–water partition coefficient (Wildman–Crippen LogP) is 3.14. The van der Waals surface area contributed by atoms with Gasteiger partial charge in [0.05, 0.1) is 18.0 Å². The summed E-state index contributed by atoms with van der Waals surface area (Å²) in [5.74, 6) is 0.657. The minimum absolute atomic E-state index is 0.0812. The van der Waals surface area contributed by atoms with Crippen LogP contribution in [0, 0.1) is 12.7 Å². The highest BCUT2D eigenvalue weighted by molar-refractivity contribution is 5.90. The Balaban J connectivity index is 1.86. The van der Waals surface area contributed by atoms with Gasteiger partial charge in [0.1, 0.15) is 17.4 Å². The topological polar surface area (TPSA) is 64.2 Å². The van der Waals surface area contributed by atoms with Crippen LogP contribution in [0.3, 0.4) is 0 Å². The van der Waals surface area contributed by atoms with E-state index in [1.54, 1.807) is 38.4 Å². The Labute approximate surface area is 138 Å². The maximum Gasteiger partial charge on any atom is 0.293 e. The van der Waals surface area contributed by atoms with Crippen molar-refractivity contribution >= 4 is 5.91 Å². The summed E-state index contributed by atoms with van der Waals surface area (Å²) in [6.45, 7) is 3.60. The summed E-state index contributed by atoms with van der Waals surface area (Å²) in [6, 6.07) is 9.18. The monoisotopic (exact) mass is 328 g/mol. The molecule has 7 heteroatoms. The molecule has 0 aliphatic rings. The normalized spacial score (nSPS) is 12.2. The fourth-order valence-corrected chi connectivity index (χ4v) is 2.36. The van der Waals surface area contributed by atoms with Crippen molar-refractivity contribution in [3.8, 4) is 5.69 Å². The van der Waals surface area contributed by atoms with Gasteiger partial charge in [-0.3, -0.25) is 4.79 Å². The van der Waals surface area contributed by atoms with E-state index in [1.165, 1.54) is 21.7 Å². The van der Waals surface area contributed by atoms with E-state index in [1.807, 2.05) is 13.0 Å². The third kappa shape index (κ3) is 2.92. The second-order valence-corrected chi connectivity index (χ2v) is 5.48. The molecule has 0 fully saturated rings. The van der Waals surface area contributed by atoms with Crippen LogP contribution in [-0.4, -0.2) is 32.6 Å². The number of amides is 1. The van der Waals surface area contributed by atoms with Crippen molar-refractivity contribution in [1.29, 1.82) is 0 Å². The van der Waals surface area contributed by atoms with E-state index in [4.69, 9.17) is 4.42 Å². The van der Waals surface area contributed by atoms with Gasteiger partial charge in [0.2, 0.25) is 5.82 Å². The summed E-state index contributed by atoms with van der Waals surface area (Å²) in [4.78, 5) is 18.4. The molecule has 0 saturated heterocycles. The molecule has 0 bridgehead atoms. The number of nitrogens with zero attached hydrogens (tertiary/aromatic N) is 4. The molecule has 3 rings (SSSR count). The van der Waals surface area contributed by atoms with Crippen molar-refractivity contribution in [2.75, 3.05) is 7.05 Å². The number of halogens is 1. The second-order valence-electron chi connectivity index (χ2n) is 5.48. The third-order valence-corrected chi connectivity index (χ3v) is 3.89. The zero-order valence-corrected chi connectivity index (χ0v) is 13.6. The molecule has 24 heavy (non-hydrogen) atoms. The lowest BCUT2D eigenvalue weighted by Gasteiger charge is -2.21. The smallest absolute Gasteiger partial charge is 0.293 e. The van der Waals surface area contributed by atoms with Crippen LogP contribution in [0.1, 0.15) is 35.2 Å². The fourth-order valence-electron chi connectivity index (χ4n) is 2.36. The highest BCUT2D eigenvalue weighted by Gasteiger charge is 2.24. The zero-order chi connectivity index (χ0) is 17.3. The van der Waals surface area contributed by atoms with Crippen molar-refractivity contribution < 1.29 is 13.6 Å². The van der Waals surface area contributed by atoms with E-state index in [9.17, 15) is 9.18 Å². The van der Waals surface area contributed by atoms with Crippen LogP contribution in [0.2, 0.25) is 0 Å². The van der Waals surface area contributed by atoms with Crippen molar-refractivity contribution in [3.63, 3.8) is 0 Å². The largest absolute Gasteiger partial charge is 0.467 e. The molecule has 0 N–H and O–H groups in total. The van der Waals surface area contributed by atoms with E-state index in [0.717, 1.165) is 0 Å². The van der Waals surface area contributed by atoms with Gasteiger partial charge in [-0.25, -0.2) is 14.1 Å². The molecule has 0 saturated carbocycles. The molecule has 1 atom stereocenters. The first-order chi connectivity index (χ1) is 11.5. The van der Waals surface area contributed by atoms with Crippen molar-refractivity contribution in [3.05, 3.63) is 65.9 Å². The van der Waals surface area contributed by atoms with Crippen molar-refractivity contribution in [2.24, 2.45) is 0 Å². The van der Waals surface area contributed by atoms with Crippen LogP contribution >= 0.6 is 0 Å². The first kappa shape index (κ1) is 15.9. The van der Waals surface area contributed by atoms with Crippen LogP contribution in [-0.2, 0) is 0 Å². The van der Waals surface area contributed by atoms with Gasteiger partial charge in [0.15, 0.2) is 0 Å². The average Bonchev–Trinajstić information content (AvgIpc) is 3.23. The molecular formula is C17H17FN4O2. The van der Waals surface area contributed by atoms with Gasteiger partial charge in [-0.2, -0.15) is 0 Å². The number of furan rings is 1. The fraction of sp³-hybridized carbons (Fsp3) is 0.235. The molecule has 6 nitrogen and oxygen atoms in total. The second kappa shape index (κ2) is 6.27. The summed E-state index contributed by atoms with van der Waals surface area (Å²) in [5.41, 5.74) is 0.641. The minimum atomic E-state index is -0.333. The first-order valence-corrected chi connectivity index (χ1v) is 7.47. The number of benzene rings is 1. The number of carbonyl (C=O) groups excluding carboxylic acids is 1. The Kier molecular flexibility index (Phi) is 4.16. The quantitative estimate of drug-likeness (QED) is 0.738. The van der Waals surface area contributed by atoms with Gasteiger partial charge < -0.3 is 9.32 Å². The molecule has 0 aliphatic carbocycles. The highest BCUT2D eigenvalue weighted by atomic mass is 19.1. The average molecular weight is 328 g/mol. The Bertz CT molecular complexity index is 840. The van der Waals surface area contributed by atoms with Gasteiger partial charge in [-0.15, -0.1) is 5.10 Å². The Morgan fingerprint density at radius 3 is 2.62 bits per heavy atom. The molecular weight excluding hydrogens is 311 g/mol. The standard InChI is InChI=1S/C17H17FN4O2/c1-11(15-5-4-10-24-15)21(3)17(23)16-19-12(2)22(20-16)14-8-6-13(18)7-9-14/h4-11H,1-3H3/t11-/m1/s1. The number of carbonyl (C=O) groups is 1. The Hall–Kier alpha value is -2.96. The zero-order valence-electron chi connectivity index (χ0n) is 13.6. The first-order valence-electron chi connectivity index (χ1n) is 7.47. The van der Waals surface area contributed by atoms with Crippen LogP contribution in [0.5, 0.6) is 0 Å². The van der Waals surface area contributed by atoms with Gasteiger partial charge in [0.25, 0.3) is 5.91 Å². The predicted molar refractivity (Wildman–Crippen MR) is 85.3 cm³/mol. The lowest BCUT2D eigenvalue weighted by Crippen LogP contribution is -2.30. The lowest BCUT2D eigenvalue weighted by molar-refractivity contribution is 0.0714. The number of aromatic nitrogens is 3. The van der Waals surface area contributed by atoms with E-state index in [0.29, 0.717) is 17.3 Å². The maximum atomic E-state index is 13.1. The highest BCUT2D eigenvalue weighted by Crippen LogP contribution is 2.20. The van der Waals surface area contributed by atoms with E-state index in [-0.39, 0.29) is 23.6 Å². The molecule has 0 aliphatic heterocycles. The van der Waals surface area contributed by atoms with Crippen molar-refractivity contribution in [2.45, 2.75) is 19.9 Å². The van der Waals surface area contributed by atoms with Gasteiger partial charge in [-0.05, 0) is 50.2 Å². The molecule has 0 spiro atoms. The van der Waals surface area contributed by atoms with Crippen LogP contribution in [0.4, 0.5) is 4.39 Å². The third-order valence-electron chi connectivity index (χ3n) is 3.89. The van der Waals surface area contributed by atoms with Crippen LogP contribution in [0.15, 0.2) is 47.1 Å².